The van der Waals surface area contributed by atoms with Crippen LogP contribution in [0.15, 0.2) is 24.3 Å². The highest BCUT2D eigenvalue weighted by atomic mass is 16.3. The van der Waals surface area contributed by atoms with Crippen LogP contribution in [0.4, 0.5) is 0 Å². The van der Waals surface area contributed by atoms with Crippen LogP contribution in [0.3, 0.4) is 0 Å². The highest BCUT2D eigenvalue weighted by Crippen LogP contribution is 2.13. The Kier molecular flexibility index (Phi) is 3.42. The molecule has 0 aliphatic heterocycles. The topological polar surface area (TPSA) is 72.3 Å². The number of aliphatic hydroxyl groups excluding tert-OH is 1. The van der Waals surface area contributed by atoms with Crippen molar-refractivity contribution >= 4 is 0 Å². The van der Waals surface area contributed by atoms with Gasteiger partial charge >= 0.3 is 0 Å². The van der Waals surface area contributed by atoms with Gasteiger partial charge in [0, 0.05) is 12.1 Å². The Morgan fingerprint density at radius 1 is 1.38 bits per heavy atom. The minimum absolute atomic E-state index is 0.0882. The van der Waals surface area contributed by atoms with E-state index < -0.39 is 0 Å². The molecular weight excluding hydrogens is 164 g/mol. The Morgan fingerprint density at radius 3 is 2.62 bits per heavy atom. The minimum atomic E-state index is -0.387. The Labute approximate surface area is 78.4 Å². The predicted molar refractivity (Wildman–Crippen MR) is 53.2 cm³/mol. The van der Waals surface area contributed by atoms with Crippen molar-refractivity contribution in [2.75, 3.05) is 6.61 Å². The van der Waals surface area contributed by atoms with E-state index in [9.17, 15) is 0 Å². The molecule has 1 aromatic rings. The molecule has 0 bridgehead atoms. The highest BCUT2D eigenvalue weighted by Gasteiger charge is 2.13. The first-order valence-corrected chi connectivity index (χ1v) is 4.33. The number of nitrogens with two attached hydrogens (primary N) is 2. The minimum Gasteiger partial charge on any atom is -0.395 e. The summed E-state index contributed by atoms with van der Waals surface area (Å²) in [6.45, 7) is 1.91. The van der Waals surface area contributed by atoms with Crippen LogP contribution in [-0.2, 0) is 0 Å². The van der Waals surface area contributed by atoms with Crippen molar-refractivity contribution < 1.29 is 5.11 Å². The summed E-state index contributed by atoms with van der Waals surface area (Å²) < 4.78 is 0. The number of aryl methyl sites for hydroxylation is 1. The van der Waals surface area contributed by atoms with Crippen molar-refractivity contribution in [3.8, 4) is 0 Å². The molecule has 72 valence electrons. The van der Waals surface area contributed by atoms with Gasteiger partial charge in [0.1, 0.15) is 0 Å². The van der Waals surface area contributed by atoms with Gasteiger partial charge in [-0.25, -0.2) is 0 Å². The van der Waals surface area contributed by atoms with Gasteiger partial charge in [0.05, 0.1) is 6.61 Å². The third kappa shape index (κ3) is 2.52. The first-order valence-electron chi connectivity index (χ1n) is 4.33. The molecule has 5 N–H and O–H groups in total. The predicted octanol–water partition coefficient (Wildman–Crippen LogP) is 0.314. The first kappa shape index (κ1) is 10.2. The second kappa shape index (κ2) is 4.37. The molecule has 1 rings (SSSR count). The van der Waals surface area contributed by atoms with Crippen LogP contribution in [0.1, 0.15) is 17.2 Å². The van der Waals surface area contributed by atoms with E-state index in [1.165, 1.54) is 0 Å². The molecule has 0 fully saturated rings. The van der Waals surface area contributed by atoms with Crippen molar-refractivity contribution in [1.29, 1.82) is 0 Å². The molecule has 0 heterocycles. The summed E-state index contributed by atoms with van der Waals surface area (Å²) in [5, 5.41) is 8.83. The molecule has 0 amide bonds. The zero-order valence-electron chi connectivity index (χ0n) is 7.77. The van der Waals surface area contributed by atoms with Crippen LogP contribution in [0.2, 0.25) is 0 Å². The average Bonchev–Trinajstić information content (AvgIpc) is 2.15. The van der Waals surface area contributed by atoms with Gasteiger partial charge in [0.25, 0.3) is 0 Å². The standard InChI is InChI=1S/C10H16N2O/c1-7-3-2-4-8(5-7)10(12)9(11)6-13/h2-5,9-10,13H,6,11-12H2,1H3. The van der Waals surface area contributed by atoms with Crippen LogP contribution in [0.25, 0.3) is 0 Å². The third-order valence-corrected chi connectivity index (χ3v) is 2.10. The van der Waals surface area contributed by atoms with Crippen LogP contribution in [-0.4, -0.2) is 17.8 Å². The number of aliphatic hydroxyl groups is 1. The summed E-state index contributed by atoms with van der Waals surface area (Å²) in [5.41, 5.74) is 13.6. The van der Waals surface area contributed by atoms with E-state index in [0.29, 0.717) is 0 Å². The number of hydrogen-bond donors (Lipinski definition) is 3. The molecule has 3 nitrogen and oxygen atoms in total. The Hall–Kier alpha value is -0.900. The highest BCUT2D eigenvalue weighted by molar-refractivity contribution is 5.25. The van der Waals surface area contributed by atoms with E-state index >= 15 is 0 Å². The summed E-state index contributed by atoms with van der Waals surface area (Å²) >= 11 is 0. The van der Waals surface area contributed by atoms with Crippen LogP contribution in [0, 0.1) is 6.92 Å². The molecule has 0 aliphatic carbocycles. The smallest absolute Gasteiger partial charge is 0.0601 e. The third-order valence-electron chi connectivity index (χ3n) is 2.10. The summed E-state index contributed by atoms with van der Waals surface area (Å²) in [4.78, 5) is 0. The van der Waals surface area contributed by atoms with Gasteiger partial charge in [-0.15, -0.1) is 0 Å². The first-order chi connectivity index (χ1) is 6.15. The van der Waals surface area contributed by atoms with Crippen molar-refractivity contribution in [2.45, 2.75) is 19.0 Å². The molecule has 0 aliphatic rings. The fourth-order valence-electron chi connectivity index (χ4n) is 1.24. The van der Waals surface area contributed by atoms with Crippen LogP contribution in [0.5, 0.6) is 0 Å². The zero-order valence-corrected chi connectivity index (χ0v) is 7.77. The SMILES string of the molecule is Cc1cccc(C(N)C(N)CO)c1. The van der Waals surface area contributed by atoms with Crippen molar-refractivity contribution in [2.24, 2.45) is 11.5 Å². The van der Waals surface area contributed by atoms with E-state index in [2.05, 4.69) is 0 Å². The summed E-state index contributed by atoms with van der Waals surface area (Å²) in [7, 11) is 0. The molecule has 13 heavy (non-hydrogen) atoms. The Bertz CT molecular complexity index is 275. The fourth-order valence-corrected chi connectivity index (χ4v) is 1.24. The maximum absolute atomic E-state index is 8.83. The molecule has 0 radical (unpaired) electrons. The number of benzene rings is 1. The molecule has 3 heteroatoms. The van der Waals surface area contributed by atoms with E-state index in [4.69, 9.17) is 16.6 Å². The Morgan fingerprint density at radius 2 is 2.08 bits per heavy atom. The lowest BCUT2D eigenvalue weighted by molar-refractivity contribution is 0.250. The maximum atomic E-state index is 8.83. The van der Waals surface area contributed by atoms with Gasteiger partial charge in [-0.05, 0) is 12.5 Å². The van der Waals surface area contributed by atoms with Gasteiger partial charge in [-0.2, -0.15) is 0 Å². The number of hydrogen-bond acceptors (Lipinski definition) is 3. The molecule has 0 aromatic heterocycles. The zero-order chi connectivity index (χ0) is 9.84. The monoisotopic (exact) mass is 180 g/mol. The van der Waals surface area contributed by atoms with Gasteiger partial charge in [-0.3, -0.25) is 0 Å². The summed E-state index contributed by atoms with van der Waals surface area (Å²) in [6.07, 6.45) is 0. The van der Waals surface area contributed by atoms with E-state index in [1.54, 1.807) is 0 Å². The lowest BCUT2D eigenvalue weighted by Gasteiger charge is -2.18. The number of rotatable bonds is 3. The average molecular weight is 180 g/mol. The van der Waals surface area contributed by atoms with Gasteiger partial charge in [0.15, 0.2) is 0 Å². The second-order valence-electron chi connectivity index (χ2n) is 3.29. The normalized spacial score (nSPS) is 15.4. The van der Waals surface area contributed by atoms with Gasteiger partial charge in [0.2, 0.25) is 0 Å². The van der Waals surface area contributed by atoms with Crippen molar-refractivity contribution in [3.05, 3.63) is 35.4 Å². The second-order valence-corrected chi connectivity index (χ2v) is 3.29. The van der Waals surface area contributed by atoms with E-state index in [0.717, 1.165) is 11.1 Å². The fraction of sp³-hybridized carbons (Fsp3) is 0.400. The molecular formula is C10H16N2O. The molecule has 2 unspecified atom stereocenters. The maximum Gasteiger partial charge on any atom is 0.0601 e. The summed E-state index contributed by atoms with van der Waals surface area (Å²) in [6, 6.07) is 7.18. The molecule has 0 saturated carbocycles. The summed E-state index contributed by atoms with van der Waals surface area (Å²) in [5.74, 6) is 0. The van der Waals surface area contributed by atoms with Gasteiger partial charge < -0.3 is 16.6 Å². The van der Waals surface area contributed by atoms with Crippen molar-refractivity contribution in [1.82, 2.24) is 0 Å². The molecule has 0 spiro atoms. The van der Waals surface area contributed by atoms with E-state index in [-0.39, 0.29) is 18.7 Å². The quantitative estimate of drug-likeness (QED) is 0.627. The molecule has 1 aromatic carbocycles. The van der Waals surface area contributed by atoms with Crippen LogP contribution < -0.4 is 11.5 Å². The van der Waals surface area contributed by atoms with E-state index in [1.807, 2.05) is 31.2 Å². The van der Waals surface area contributed by atoms with Crippen LogP contribution >= 0.6 is 0 Å². The molecule has 0 saturated heterocycles. The lowest BCUT2D eigenvalue weighted by Crippen LogP contribution is -2.37. The lowest BCUT2D eigenvalue weighted by atomic mass is 10.00. The largest absolute Gasteiger partial charge is 0.395 e. The molecule has 2 atom stereocenters. The van der Waals surface area contributed by atoms with Gasteiger partial charge in [-0.1, -0.05) is 29.8 Å². The Balaban J connectivity index is 2.82. The van der Waals surface area contributed by atoms with Crippen molar-refractivity contribution in [3.63, 3.8) is 0 Å².